The van der Waals surface area contributed by atoms with E-state index in [1.54, 1.807) is 26.4 Å². The summed E-state index contributed by atoms with van der Waals surface area (Å²) in [5.74, 6) is 1.23. The van der Waals surface area contributed by atoms with Gasteiger partial charge in [0, 0.05) is 25.2 Å². The molecule has 158 valence electrons. The van der Waals surface area contributed by atoms with Gasteiger partial charge in [-0.1, -0.05) is 36.4 Å². The molecule has 0 saturated carbocycles. The van der Waals surface area contributed by atoms with Crippen LogP contribution in [-0.2, 0) is 16.0 Å². The highest BCUT2D eigenvalue weighted by Crippen LogP contribution is 2.27. The summed E-state index contributed by atoms with van der Waals surface area (Å²) in [5, 5.41) is 3.08. The Balaban J connectivity index is 1.45. The van der Waals surface area contributed by atoms with Crippen molar-refractivity contribution in [2.24, 2.45) is 0 Å². The average molecular weight is 408 g/mol. The zero-order chi connectivity index (χ0) is 21.3. The fourth-order valence-corrected chi connectivity index (χ4v) is 3.54. The van der Waals surface area contributed by atoms with Gasteiger partial charge in [0.1, 0.15) is 0 Å². The van der Waals surface area contributed by atoms with E-state index in [0.717, 1.165) is 24.0 Å². The van der Waals surface area contributed by atoms with Crippen molar-refractivity contribution in [3.05, 3.63) is 65.7 Å². The highest BCUT2D eigenvalue weighted by molar-refractivity contribution is 5.91. The third-order valence-electron chi connectivity index (χ3n) is 5.20. The van der Waals surface area contributed by atoms with Crippen molar-refractivity contribution in [2.75, 3.05) is 27.3 Å². The number of methoxy groups -OCH3 is 2. The van der Waals surface area contributed by atoms with E-state index in [9.17, 15) is 9.59 Å². The molecule has 1 N–H and O–H groups in total. The molecule has 0 aromatic heterocycles. The Morgan fingerprint density at radius 1 is 1.03 bits per heavy atom. The smallest absolute Gasteiger partial charge is 0.246 e. The molecule has 30 heavy (non-hydrogen) atoms. The van der Waals surface area contributed by atoms with Gasteiger partial charge in [0.25, 0.3) is 0 Å². The fourth-order valence-electron chi connectivity index (χ4n) is 3.54. The molecule has 1 saturated heterocycles. The van der Waals surface area contributed by atoms with Crippen molar-refractivity contribution in [1.82, 2.24) is 10.2 Å². The number of nitrogens with zero attached hydrogens (tertiary/aromatic N) is 1. The van der Waals surface area contributed by atoms with E-state index in [1.165, 1.54) is 0 Å². The summed E-state index contributed by atoms with van der Waals surface area (Å²) in [6.45, 7) is 1.28. The van der Waals surface area contributed by atoms with Gasteiger partial charge >= 0.3 is 0 Å². The topological polar surface area (TPSA) is 67.9 Å². The Bertz CT molecular complexity index is 887. The van der Waals surface area contributed by atoms with E-state index in [-0.39, 0.29) is 24.3 Å². The van der Waals surface area contributed by atoms with Gasteiger partial charge < -0.3 is 19.7 Å². The highest BCUT2D eigenvalue weighted by atomic mass is 16.5. The van der Waals surface area contributed by atoms with Crippen LogP contribution >= 0.6 is 0 Å². The van der Waals surface area contributed by atoms with E-state index < -0.39 is 0 Å². The lowest BCUT2D eigenvalue weighted by atomic mass is 10.0. The zero-order valence-electron chi connectivity index (χ0n) is 17.5. The number of carbonyl (C=O) groups excluding carboxylic acids is 2. The summed E-state index contributed by atoms with van der Waals surface area (Å²) < 4.78 is 10.5. The van der Waals surface area contributed by atoms with Crippen molar-refractivity contribution in [3.63, 3.8) is 0 Å². The minimum Gasteiger partial charge on any atom is -0.493 e. The van der Waals surface area contributed by atoms with E-state index in [4.69, 9.17) is 9.47 Å². The SMILES string of the molecule is COc1ccc(CC(=O)NC2CCN(C(=O)/C=C/c3ccccc3)CC2)cc1OC. The molecule has 0 aliphatic carbocycles. The monoisotopic (exact) mass is 408 g/mol. The van der Waals surface area contributed by atoms with Gasteiger partial charge in [0.15, 0.2) is 11.5 Å². The van der Waals surface area contributed by atoms with Crippen molar-refractivity contribution in [1.29, 1.82) is 0 Å². The summed E-state index contributed by atoms with van der Waals surface area (Å²) in [4.78, 5) is 26.6. The number of rotatable bonds is 7. The van der Waals surface area contributed by atoms with E-state index >= 15 is 0 Å². The first-order valence-electron chi connectivity index (χ1n) is 10.1. The molecule has 0 spiro atoms. The van der Waals surface area contributed by atoms with Crippen LogP contribution in [0.15, 0.2) is 54.6 Å². The number of amides is 2. The van der Waals surface area contributed by atoms with Crippen molar-refractivity contribution < 1.29 is 19.1 Å². The number of benzene rings is 2. The molecule has 1 aliphatic heterocycles. The normalized spacial score (nSPS) is 14.5. The van der Waals surface area contributed by atoms with Gasteiger partial charge in [-0.25, -0.2) is 0 Å². The van der Waals surface area contributed by atoms with Crippen LogP contribution in [0.4, 0.5) is 0 Å². The van der Waals surface area contributed by atoms with Crippen LogP contribution in [-0.4, -0.2) is 50.1 Å². The molecule has 1 fully saturated rings. The summed E-state index contributed by atoms with van der Waals surface area (Å²) in [5.41, 5.74) is 1.87. The molecule has 2 aromatic carbocycles. The number of likely N-dealkylation sites (tertiary alicyclic amines) is 1. The largest absolute Gasteiger partial charge is 0.493 e. The maximum absolute atomic E-state index is 12.4. The molecule has 0 atom stereocenters. The number of carbonyl (C=O) groups is 2. The predicted octanol–water partition coefficient (Wildman–Crippen LogP) is 3.07. The van der Waals surface area contributed by atoms with Crippen LogP contribution in [0.1, 0.15) is 24.0 Å². The minimum absolute atomic E-state index is 0.00829. The first kappa shape index (κ1) is 21.4. The first-order chi connectivity index (χ1) is 14.6. The quantitative estimate of drug-likeness (QED) is 0.715. The highest BCUT2D eigenvalue weighted by Gasteiger charge is 2.23. The fraction of sp³-hybridized carbons (Fsp3) is 0.333. The third kappa shape index (κ3) is 5.86. The van der Waals surface area contributed by atoms with Gasteiger partial charge in [-0.05, 0) is 42.2 Å². The van der Waals surface area contributed by atoms with Crippen LogP contribution in [0.5, 0.6) is 11.5 Å². The Morgan fingerprint density at radius 2 is 1.73 bits per heavy atom. The maximum atomic E-state index is 12.4. The van der Waals surface area contributed by atoms with Crippen LogP contribution in [0, 0.1) is 0 Å². The van der Waals surface area contributed by atoms with Crippen LogP contribution in [0.2, 0.25) is 0 Å². The number of hydrogen-bond donors (Lipinski definition) is 1. The average Bonchev–Trinajstić information content (AvgIpc) is 2.78. The van der Waals surface area contributed by atoms with Crippen LogP contribution < -0.4 is 14.8 Å². The molecule has 6 heteroatoms. The first-order valence-corrected chi connectivity index (χ1v) is 10.1. The second kappa shape index (κ2) is 10.5. The lowest BCUT2D eigenvalue weighted by Crippen LogP contribution is -2.46. The third-order valence-corrected chi connectivity index (χ3v) is 5.20. The molecule has 1 aliphatic rings. The van der Waals surface area contributed by atoms with Gasteiger partial charge in [0.05, 0.1) is 20.6 Å². The predicted molar refractivity (Wildman–Crippen MR) is 116 cm³/mol. The molecular formula is C24H28N2O4. The molecule has 3 rings (SSSR count). The lowest BCUT2D eigenvalue weighted by Gasteiger charge is -2.31. The van der Waals surface area contributed by atoms with Crippen LogP contribution in [0.3, 0.4) is 0 Å². The Labute approximate surface area is 177 Å². The van der Waals surface area contributed by atoms with E-state index in [0.29, 0.717) is 24.6 Å². The Morgan fingerprint density at radius 3 is 2.40 bits per heavy atom. The van der Waals surface area contributed by atoms with Crippen LogP contribution in [0.25, 0.3) is 6.08 Å². The molecule has 6 nitrogen and oxygen atoms in total. The minimum atomic E-state index is -0.0315. The molecule has 1 heterocycles. The standard InChI is InChI=1S/C24H28N2O4/c1-29-21-10-8-19(16-22(21)30-2)17-23(27)25-20-12-14-26(15-13-20)24(28)11-9-18-6-4-3-5-7-18/h3-11,16,20H,12-15,17H2,1-2H3,(H,25,27)/b11-9+. The molecule has 0 radical (unpaired) electrons. The van der Waals surface area contributed by atoms with Gasteiger partial charge in [-0.2, -0.15) is 0 Å². The van der Waals surface area contributed by atoms with Crippen molar-refractivity contribution in [3.8, 4) is 11.5 Å². The number of piperidine rings is 1. The number of hydrogen-bond acceptors (Lipinski definition) is 4. The number of nitrogens with one attached hydrogen (secondary N) is 1. The summed E-state index contributed by atoms with van der Waals surface area (Å²) in [7, 11) is 3.16. The molecule has 0 unspecified atom stereocenters. The van der Waals surface area contributed by atoms with Crippen molar-refractivity contribution >= 4 is 17.9 Å². The zero-order valence-corrected chi connectivity index (χ0v) is 17.5. The number of ether oxygens (including phenoxy) is 2. The Kier molecular flexibility index (Phi) is 7.49. The molecule has 2 aromatic rings. The Hall–Kier alpha value is -3.28. The van der Waals surface area contributed by atoms with Gasteiger partial charge in [-0.15, -0.1) is 0 Å². The molecular weight excluding hydrogens is 380 g/mol. The van der Waals surface area contributed by atoms with E-state index in [2.05, 4.69) is 5.32 Å². The summed E-state index contributed by atoms with van der Waals surface area (Å²) in [6, 6.07) is 15.3. The van der Waals surface area contributed by atoms with Gasteiger partial charge in [-0.3, -0.25) is 9.59 Å². The molecule has 2 amide bonds. The summed E-state index contributed by atoms with van der Waals surface area (Å²) in [6.07, 6.45) is 5.23. The van der Waals surface area contributed by atoms with Crippen molar-refractivity contribution in [2.45, 2.75) is 25.3 Å². The second-order valence-corrected chi connectivity index (χ2v) is 7.28. The molecule has 0 bridgehead atoms. The second-order valence-electron chi connectivity index (χ2n) is 7.28. The van der Waals surface area contributed by atoms with E-state index in [1.807, 2.05) is 53.4 Å². The lowest BCUT2D eigenvalue weighted by molar-refractivity contribution is -0.127. The summed E-state index contributed by atoms with van der Waals surface area (Å²) >= 11 is 0. The maximum Gasteiger partial charge on any atom is 0.246 e. The van der Waals surface area contributed by atoms with Gasteiger partial charge in [0.2, 0.25) is 11.8 Å².